The van der Waals surface area contributed by atoms with Crippen molar-refractivity contribution < 1.29 is 19.4 Å². The second-order valence-corrected chi connectivity index (χ2v) is 5.54. The van der Waals surface area contributed by atoms with Crippen LogP contribution >= 0.6 is 11.6 Å². The average Bonchev–Trinajstić information content (AvgIpc) is 2.48. The van der Waals surface area contributed by atoms with Gasteiger partial charge in [-0.1, -0.05) is 11.6 Å². The number of aromatic carboxylic acids is 1. The summed E-state index contributed by atoms with van der Waals surface area (Å²) < 4.78 is 10.6. The number of anilines is 1. The van der Waals surface area contributed by atoms with Crippen LogP contribution in [0.2, 0.25) is 5.02 Å². The molecule has 0 aliphatic carbocycles. The molecule has 1 aromatic carbocycles. The number of halogens is 1. The smallest absolute Gasteiger partial charge is 0.337 e. The van der Waals surface area contributed by atoms with E-state index >= 15 is 0 Å². The third-order valence-corrected chi connectivity index (χ3v) is 4.25. The summed E-state index contributed by atoms with van der Waals surface area (Å²) in [7, 11) is 3.32. The Morgan fingerprint density at radius 3 is 2.43 bits per heavy atom. The van der Waals surface area contributed by atoms with Gasteiger partial charge in [-0.3, -0.25) is 0 Å². The first-order chi connectivity index (χ1) is 10.1. The van der Waals surface area contributed by atoms with Crippen LogP contribution < -0.4 is 4.90 Å². The molecule has 0 saturated carbocycles. The van der Waals surface area contributed by atoms with Crippen molar-refractivity contribution in [1.29, 1.82) is 0 Å². The van der Waals surface area contributed by atoms with Gasteiger partial charge >= 0.3 is 5.97 Å². The number of hydrogen-bond acceptors (Lipinski definition) is 4. The fraction of sp³-hybridized carbons (Fsp3) is 0.533. The molecule has 1 N–H and O–H groups in total. The molecule has 1 heterocycles. The molecule has 1 aromatic rings. The predicted octanol–water partition coefficient (Wildman–Crippen LogP) is 2.87. The van der Waals surface area contributed by atoms with Gasteiger partial charge in [0.15, 0.2) is 6.29 Å². The summed E-state index contributed by atoms with van der Waals surface area (Å²) in [5, 5.41) is 9.26. The summed E-state index contributed by atoms with van der Waals surface area (Å²) >= 11 is 6.02. The van der Waals surface area contributed by atoms with Gasteiger partial charge in [0.25, 0.3) is 0 Å². The van der Waals surface area contributed by atoms with Gasteiger partial charge in [0.2, 0.25) is 0 Å². The van der Waals surface area contributed by atoms with Gasteiger partial charge in [0.05, 0.1) is 10.6 Å². The van der Waals surface area contributed by atoms with Gasteiger partial charge in [0.1, 0.15) is 0 Å². The summed E-state index contributed by atoms with van der Waals surface area (Å²) in [6, 6.07) is 5.08. The topological polar surface area (TPSA) is 59.0 Å². The SMILES string of the molecule is COC(OC)C1CCN(c2ccc(C(=O)O)c(Cl)c2)CC1. The monoisotopic (exact) mass is 313 g/mol. The number of ether oxygens (including phenoxy) is 2. The van der Waals surface area contributed by atoms with Gasteiger partial charge in [0, 0.05) is 38.9 Å². The molecule has 1 fully saturated rings. The lowest BCUT2D eigenvalue weighted by molar-refractivity contribution is -0.141. The predicted molar refractivity (Wildman–Crippen MR) is 81.2 cm³/mol. The molecule has 0 bridgehead atoms. The highest BCUT2D eigenvalue weighted by molar-refractivity contribution is 6.33. The van der Waals surface area contributed by atoms with Crippen molar-refractivity contribution in [2.45, 2.75) is 19.1 Å². The van der Waals surface area contributed by atoms with Crippen LogP contribution in [0.25, 0.3) is 0 Å². The maximum atomic E-state index is 11.0. The number of carbonyl (C=O) groups is 1. The standard InChI is InChI=1S/C15H20ClNO4/c1-20-15(21-2)10-5-7-17(8-6-10)11-3-4-12(14(18)19)13(16)9-11/h3-4,9-10,15H,5-8H2,1-2H3,(H,18,19). The Kier molecular flexibility index (Phi) is 5.45. The number of piperidine rings is 1. The minimum absolute atomic E-state index is 0.133. The molecule has 0 spiro atoms. The number of carboxylic acid groups (broad SMARTS) is 1. The van der Waals surface area contributed by atoms with Crippen LogP contribution in [-0.2, 0) is 9.47 Å². The van der Waals surface area contributed by atoms with E-state index in [0.29, 0.717) is 5.92 Å². The molecule has 1 aliphatic rings. The number of benzene rings is 1. The Morgan fingerprint density at radius 2 is 1.95 bits per heavy atom. The highest BCUT2D eigenvalue weighted by Gasteiger charge is 2.26. The van der Waals surface area contributed by atoms with E-state index in [1.165, 1.54) is 0 Å². The second-order valence-electron chi connectivity index (χ2n) is 5.13. The van der Waals surface area contributed by atoms with E-state index in [4.69, 9.17) is 26.2 Å². The van der Waals surface area contributed by atoms with E-state index in [1.807, 2.05) is 0 Å². The number of rotatable bonds is 5. The van der Waals surface area contributed by atoms with Gasteiger partial charge < -0.3 is 19.5 Å². The van der Waals surface area contributed by atoms with E-state index < -0.39 is 5.97 Å². The van der Waals surface area contributed by atoms with Gasteiger partial charge in [-0.15, -0.1) is 0 Å². The Morgan fingerprint density at radius 1 is 1.33 bits per heavy atom. The van der Waals surface area contributed by atoms with Gasteiger partial charge in [-0.2, -0.15) is 0 Å². The molecule has 0 radical (unpaired) electrons. The molecule has 2 rings (SSSR count). The van der Waals surface area contributed by atoms with Gasteiger partial charge in [-0.25, -0.2) is 4.79 Å². The maximum absolute atomic E-state index is 11.0. The quantitative estimate of drug-likeness (QED) is 0.847. The number of methoxy groups -OCH3 is 2. The zero-order valence-corrected chi connectivity index (χ0v) is 13.0. The Balaban J connectivity index is 2.02. The molecule has 0 aromatic heterocycles. The van der Waals surface area contributed by atoms with Crippen molar-refractivity contribution in [2.24, 2.45) is 5.92 Å². The molecule has 0 atom stereocenters. The van der Waals surface area contributed by atoms with Crippen LogP contribution in [0.4, 0.5) is 5.69 Å². The molecular weight excluding hydrogens is 294 g/mol. The fourth-order valence-electron chi connectivity index (χ4n) is 2.79. The van der Waals surface area contributed by atoms with Crippen molar-refractivity contribution in [2.75, 3.05) is 32.2 Å². The molecule has 1 saturated heterocycles. The molecular formula is C15H20ClNO4. The molecule has 5 nitrogen and oxygen atoms in total. The van der Waals surface area contributed by atoms with Crippen molar-refractivity contribution in [3.63, 3.8) is 0 Å². The third-order valence-electron chi connectivity index (χ3n) is 3.94. The molecule has 21 heavy (non-hydrogen) atoms. The minimum Gasteiger partial charge on any atom is -0.478 e. The fourth-order valence-corrected chi connectivity index (χ4v) is 3.04. The van der Waals surface area contributed by atoms with E-state index in [1.54, 1.807) is 32.4 Å². The van der Waals surface area contributed by atoms with Crippen LogP contribution in [0.1, 0.15) is 23.2 Å². The summed E-state index contributed by atoms with van der Waals surface area (Å²) in [5.74, 6) is -0.627. The highest BCUT2D eigenvalue weighted by atomic mass is 35.5. The summed E-state index contributed by atoms with van der Waals surface area (Å²) in [6.07, 6.45) is 1.76. The van der Waals surface area contributed by atoms with Crippen LogP contribution in [0.5, 0.6) is 0 Å². The molecule has 0 amide bonds. The number of nitrogens with zero attached hydrogens (tertiary/aromatic N) is 1. The van der Waals surface area contributed by atoms with E-state index in [9.17, 15) is 4.79 Å². The van der Waals surface area contributed by atoms with Crippen molar-refractivity contribution >= 4 is 23.3 Å². The van der Waals surface area contributed by atoms with Crippen LogP contribution in [-0.4, -0.2) is 44.7 Å². The summed E-state index contributed by atoms with van der Waals surface area (Å²) in [5.41, 5.74) is 1.09. The van der Waals surface area contributed by atoms with E-state index in [0.717, 1.165) is 31.6 Å². The molecule has 1 aliphatic heterocycles. The molecule has 6 heteroatoms. The van der Waals surface area contributed by atoms with Crippen molar-refractivity contribution in [1.82, 2.24) is 0 Å². The summed E-state index contributed by atoms with van der Waals surface area (Å²) in [6.45, 7) is 1.74. The first kappa shape index (κ1) is 16.1. The van der Waals surface area contributed by atoms with Crippen LogP contribution in [0, 0.1) is 5.92 Å². The first-order valence-electron chi connectivity index (χ1n) is 6.90. The Hall–Kier alpha value is -1.30. The lowest BCUT2D eigenvalue weighted by atomic mass is 9.95. The lowest BCUT2D eigenvalue weighted by Gasteiger charge is -2.36. The Labute approximate surface area is 129 Å². The molecule has 116 valence electrons. The zero-order chi connectivity index (χ0) is 15.4. The number of hydrogen-bond donors (Lipinski definition) is 1. The highest BCUT2D eigenvalue weighted by Crippen LogP contribution is 2.29. The largest absolute Gasteiger partial charge is 0.478 e. The molecule has 0 unspecified atom stereocenters. The minimum atomic E-state index is -1.01. The first-order valence-corrected chi connectivity index (χ1v) is 7.28. The van der Waals surface area contributed by atoms with Crippen molar-refractivity contribution in [3.05, 3.63) is 28.8 Å². The average molecular weight is 314 g/mol. The van der Waals surface area contributed by atoms with E-state index in [-0.39, 0.29) is 16.9 Å². The van der Waals surface area contributed by atoms with Crippen LogP contribution in [0.3, 0.4) is 0 Å². The zero-order valence-electron chi connectivity index (χ0n) is 12.2. The van der Waals surface area contributed by atoms with Gasteiger partial charge in [-0.05, 0) is 31.0 Å². The maximum Gasteiger partial charge on any atom is 0.337 e. The Bertz CT molecular complexity index is 496. The third kappa shape index (κ3) is 3.67. The second kappa shape index (κ2) is 7.11. The van der Waals surface area contributed by atoms with E-state index in [2.05, 4.69) is 4.90 Å². The number of carboxylic acids is 1. The van der Waals surface area contributed by atoms with Crippen molar-refractivity contribution in [3.8, 4) is 0 Å². The van der Waals surface area contributed by atoms with Crippen LogP contribution in [0.15, 0.2) is 18.2 Å². The lowest BCUT2D eigenvalue weighted by Crippen LogP contribution is -2.39. The normalized spacial score (nSPS) is 16.5. The summed E-state index contributed by atoms with van der Waals surface area (Å²) in [4.78, 5) is 13.2.